The van der Waals surface area contributed by atoms with Gasteiger partial charge in [-0.2, -0.15) is 0 Å². The molecule has 0 spiro atoms. The van der Waals surface area contributed by atoms with Crippen LogP contribution in [0.2, 0.25) is 5.02 Å². The molecule has 0 atom stereocenters. The summed E-state index contributed by atoms with van der Waals surface area (Å²) in [6.45, 7) is -0.388. The summed E-state index contributed by atoms with van der Waals surface area (Å²) < 4.78 is 10.7. The number of halogens is 1. The number of carbonyl (C=O) groups is 4. The molecular weight excluding hydrogens is 462 g/mol. The van der Waals surface area contributed by atoms with Crippen molar-refractivity contribution in [3.05, 3.63) is 88.8 Å². The van der Waals surface area contributed by atoms with Crippen LogP contribution < -0.4 is 15.4 Å². The van der Waals surface area contributed by atoms with Crippen molar-refractivity contribution in [1.29, 1.82) is 0 Å². The molecule has 1 fully saturated rings. The molecule has 9 nitrogen and oxygen atoms in total. The Kier molecular flexibility index (Phi) is 6.74. The zero-order valence-electron chi connectivity index (χ0n) is 17.6. The average molecular weight is 480 g/mol. The molecule has 1 aromatic heterocycles. The first-order valence-corrected chi connectivity index (χ1v) is 10.5. The van der Waals surface area contributed by atoms with Crippen LogP contribution in [0.1, 0.15) is 11.3 Å². The molecule has 4 rings (SSSR count). The van der Waals surface area contributed by atoms with Gasteiger partial charge in [-0.25, -0.2) is 4.79 Å². The molecule has 172 valence electrons. The Labute approximate surface area is 198 Å². The van der Waals surface area contributed by atoms with E-state index in [1.165, 1.54) is 24.5 Å². The summed E-state index contributed by atoms with van der Waals surface area (Å²) in [4.78, 5) is 50.1. The first kappa shape index (κ1) is 22.8. The summed E-state index contributed by atoms with van der Waals surface area (Å²) >= 11 is 6.26. The van der Waals surface area contributed by atoms with Gasteiger partial charge in [0.1, 0.15) is 17.1 Å². The van der Waals surface area contributed by atoms with E-state index in [1.807, 2.05) is 6.07 Å². The van der Waals surface area contributed by atoms with Crippen LogP contribution in [-0.2, 0) is 20.9 Å². The number of amides is 5. The number of nitrogens with one attached hydrogen (secondary N) is 2. The van der Waals surface area contributed by atoms with Gasteiger partial charge in [0.2, 0.25) is 0 Å². The van der Waals surface area contributed by atoms with Crippen LogP contribution in [-0.4, -0.2) is 35.3 Å². The number of hydrogen-bond donors (Lipinski definition) is 2. The lowest BCUT2D eigenvalue weighted by Gasteiger charge is -2.25. The van der Waals surface area contributed by atoms with Crippen molar-refractivity contribution >= 4 is 47.1 Å². The summed E-state index contributed by atoms with van der Waals surface area (Å²) in [6, 6.07) is 15.9. The van der Waals surface area contributed by atoms with Gasteiger partial charge in [0, 0.05) is 5.69 Å². The van der Waals surface area contributed by atoms with E-state index in [0.717, 1.165) is 4.90 Å². The zero-order chi connectivity index (χ0) is 24.1. The van der Waals surface area contributed by atoms with Crippen molar-refractivity contribution < 1.29 is 28.3 Å². The molecule has 1 saturated heterocycles. The maximum absolute atomic E-state index is 12.8. The fourth-order valence-electron chi connectivity index (χ4n) is 3.15. The van der Waals surface area contributed by atoms with E-state index in [2.05, 4.69) is 10.6 Å². The Balaban J connectivity index is 1.44. The molecule has 10 heteroatoms. The van der Waals surface area contributed by atoms with Crippen LogP contribution in [0.5, 0.6) is 5.75 Å². The highest BCUT2D eigenvalue weighted by molar-refractivity contribution is 6.33. The number of anilines is 1. The smallest absolute Gasteiger partial charge is 0.331 e. The van der Waals surface area contributed by atoms with Gasteiger partial charge in [0.15, 0.2) is 6.61 Å². The standard InChI is InChI=1S/C24H18ClN3O6/c25-19-12-15(8-9-20(19)34-14-21(29)26-16-5-2-1-3-6-16)11-18-22(30)27-24(32)28(23(18)31)13-17-7-4-10-33-17/h1-12H,13-14H2,(H,26,29)(H,27,30,32). The van der Waals surface area contributed by atoms with E-state index in [4.69, 9.17) is 20.8 Å². The number of benzene rings is 2. The Bertz CT molecular complexity index is 1270. The Hall–Kier alpha value is -4.37. The quantitative estimate of drug-likeness (QED) is 0.395. The summed E-state index contributed by atoms with van der Waals surface area (Å²) in [5, 5.41) is 5.00. The van der Waals surface area contributed by atoms with Gasteiger partial charge in [-0.15, -0.1) is 0 Å². The first-order valence-electron chi connectivity index (χ1n) is 10.1. The largest absolute Gasteiger partial charge is 0.482 e. The minimum absolute atomic E-state index is 0.124. The minimum atomic E-state index is -0.834. The maximum atomic E-state index is 12.8. The molecule has 2 N–H and O–H groups in total. The van der Waals surface area contributed by atoms with Gasteiger partial charge in [-0.1, -0.05) is 35.9 Å². The SMILES string of the molecule is O=C(COc1ccc(C=C2C(=O)NC(=O)N(Cc3ccco3)C2=O)cc1Cl)Nc1ccccc1. The van der Waals surface area contributed by atoms with E-state index < -0.39 is 17.8 Å². The van der Waals surface area contributed by atoms with Crippen molar-refractivity contribution in [2.45, 2.75) is 6.54 Å². The van der Waals surface area contributed by atoms with E-state index in [0.29, 0.717) is 17.0 Å². The molecule has 3 aromatic rings. The van der Waals surface area contributed by atoms with E-state index in [-0.39, 0.29) is 35.4 Å². The molecular formula is C24H18ClN3O6. The van der Waals surface area contributed by atoms with E-state index in [1.54, 1.807) is 42.5 Å². The van der Waals surface area contributed by atoms with Gasteiger partial charge in [0.05, 0.1) is 17.8 Å². The Morgan fingerprint density at radius 2 is 1.88 bits per heavy atom. The molecule has 0 bridgehead atoms. The second-order valence-corrected chi connectivity index (χ2v) is 7.59. The third-order valence-corrected chi connectivity index (χ3v) is 5.06. The molecule has 0 radical (unpaired) electrons. The Morgan fingerprint density at radius 1 is 1.09 bits per heavy atom. The second-order valence-electron chi connectivity index (χ2n) is 7.18. The van der Waals surface area contributed by atoms with Crippen LogP contribution >= 0.6 is 11.6 Å². The first-order chi connectivity index (χ1) is 16.4. The third kappa shape index (κ3) is 5.33. The Morgan fingerprint density at radius 3 is 2.59 bits per heavy atom. The highest BCUT2D eigenvalue weighted by Gasteiger charge is 2.36. The molecule has 5 amide bonds. The lowest BCUT2D eigenvalue weighted by atomic mass is 10.1. The lowest BCUT2D eigenvalue weighted by Crippen LogP contribution is -2.53. The maximum Gasteiger partial charge on any atom is 0.331 e. The average Bonchev–Trinajstić information content (AvgIpc) is 3.33. The number of urea groups is 1. The number of hydrogen-bond acceptors (Lipinski definition) is 6. The molecule has 0 saturated carbocycles. The normalized spacial score (nSPS) is 14.8. The van der Waals surface area contributed by atoms with Crippen molar-refractivity contribution in [2.75, 3.05) is 11.9 Å². The summed E-state index contributed by atoms with van der Waals surface area (Å²) in [6.07, 6.45) is 2.73. The number of nitrogens with zero attached hydrogens (tertiary/aromatic N) is 1. The molecule has 2 heterocycles. The van der Waals surface area contributed by atoms with Crippen LogP contribution in [0.3, 0.4) is 0 Å². The topological polar surface area (TPSA) is 118 Å². The summed E-state index contributed by atoms with van der Waals surface area (Å²) in [7, 11) is 0. The lowest BCUT2D eigenvalue weighted by molar-refractivity contribution is -0.130. The van der Waals surface area contributed by atoms with Gasteiger partial charge in [0.25, 0.3) is 17.7 Å². The fourth-order valence-corrected chi connectivity index (χ4v) is 3.39. The van der Waals surface area contributed by atoms with Crippen molar-refractivity contribution in [3.63, 3.8) is 0 Å². The van der Waals surface area contributed by atoms with Crippen LogP contribution in [0.15, 0.2) is 76.9 Å². The van der Waals surface area contributed by atoms with Crippen LogP contribution in [0.4, 0.5) is 10.5 Å². The van der Waals surface area contributed by atoms with Gasteiger partial charge in [-0.05, 0) is 48.0 Å². The van der Waals surface area contributed by atoms with Crippen molar-refractivity contribution in [1.82, 2.24) is 10.2 Å². The molecule has 1 aliphatic heterocycles. The minimum Gasteiger partial charge on any atom is -0.482 e. The van der Waals surface area contributed by atoms with E-state index in [9.17, 15) is 19.2 Å². The number of imide groups is 2. The monoisotopic (exact) mass is 479 g/mol. The third-order valence-electron chi connectivity index (χ3n) is 4.76. The number of ether oxygens (including phenoxy) is 1. The molecule has 34 heavy (non-hydrogen) atoms. The summed E-state index contributed by atoms with van der Waals surface area (Å²) in [5.74, 6) is -1.31. The number of carbonyl (C=O) groups excluding carboxylic acids is 4. The highest BCUT2D eigenvalue weighted by Crippen LogP contribution is 2.27. The predicted octanol–water partition coefficient (Wildman–Crippen LogP) is 3.61. The summed E-state index contributed by atoms with van der Waals surface area (Å²) in [5.41, 5.74) is 0.828. The molecule has 2 aromatic carbocycles. The van der Waals surface area contributed by atoms with Gasteiger partial charge in [-0.3, -0.25) is 24.6 Å². The van der Waals surface area contributed by atoms with E-state index >= 15 is 0 Å². The van der Waals surface area contributed by atoms with Crippen molar-refractivity contribution in [3.8, 4) is 5.75 Å². The number of barbiturate groups is 1. The predicted molar refractivity (Wildman–Crippen MR) is 123 cm³/mol. The van der Waals surface area contributed by atoms with Crippen molar-refractivity contribution in [2.24, 2.45) is 0 Å². The van der Waals surface area contributed by atoms with Gasteiger partial charge < -0.3 is 14.5 Å². The number of para-hydroxylation sites is 1. The second kappa shape index (κ2) is 10.1. The number of furan rings is 1. The molecule has 0 unspecified atom stereocenters. The van der Waals surface area contributed by atoms with Crippen LogP contribution in [0.25, 0.3) is 6.08 Å². The van der Waals surface area contributed by atoms with Gasteiger partial charge >= 0.3 is 6.03 Å². The fraction of sp³-hybridized carbons (Fsp3) is 0.0833. The van der Waals surface area contributed by atoms with Crippen LogP contribution in [0, 0.1) is 0 Å². The molecule has 1 aliphatic rings. The number of rotatable bonds is 7. The highest BCUT2D eigenvalue weighted by atomic mass is 35.5. The molecule has 0 aliphatic carbocycles. The zero-order valence-corrected chi connectivity index (χ0v) is 18.4.